The van der Waals surface area contributed by atoms with E-state index in [2.05, 4.69) is 40.4 Å². The van der Waals surface area contributed by atoms with Gasteiger partial charge >= 0.3 is 0 Å². The fraction of sp³-hybridized carbons (Fsp3) is 0.625. The Labute approximate surface area is 184 Å². The molecule has 4 rings (SSSR count). The molecule has 2 aliphatic heterocycles. The number of likely N-dealkylation sites (tertiary alicyclic amines) is 2. The molecule has 1 amide bonds. The third-order valence-electron chi connectivity index (χ3n) is 7.22. The van der Waals surface area contributed by atoms with Crippen molar-refractivity contribution in [2.75, 3.05) is 26.2 Å². The number of benzene rings is 1. The summed E-state index contributed by atoms with van der Waals surface area (Å²) in [6, 6.07) is 6.79. The van der Waals surface area contributed by atoms with Crippen molar-refractivity contribution < 1.29 is 9.18 Å². The fourth-order valence-corrected chi connectivity index (χ4v) is 5.34. The van der Waals surface area contributed by atoms with Crippen LogP contribution in [0.4, 0.5) is 4.39 Å². The zero-order chi connectivity index (χ0) is 22.0. The average molecular weight is 428 g/mol. The van der Waals surface area contributed by atoms with E-state index in [0.29, 0.717) is 19.0 Å². The second-order valence-electron chi connectivity index (χ2n) is 9.50. The normalized spacial score (nSPS) is 21.3. The molecule has 7 heteroatoms. The summed E-state index contributed by atoms with van der Waals surface area (Å²) >= 11 is 0. The van der Waals surface area contributed by atoms with Crippen LogP contribution in [-0.4, -0.2) is 62.7 Å². The molecule has 3 heterocycles. The number of aromatic nitrogens is 3. The summed E-state index contributed by atoms with van der Waals surface area (Å²) in [6.45, 7) is 11.1. The quantitative estimate of drug-likeness (QED) is 0.708. The van der Waals surface area contributed by atoms with E-state index < -0.39 is 0 Å². The van der Waals surface area contributed by atoms with E-state index in [-0.39, 0.29) is 23.1 Å². The molecule has 31 heavy (non-hydrogen) atoms. The largest absolute Gasteiger partial charge is 0.341 e. The van der Waals surface area contributed by atoms with Crippen molar-refractivity contribution in [2.45, 2.75) is 65.0 Å². The zero-order valence-electron chi connectivity index (χ0n) is 18.9. The summed E-state index contributed by atoms with van der Waals surface area (Å²) in [5, 5.41) is 8.74. The number of piperidine rings is 1. The third-order valence-corrected chi connectivity index (χ3v) is 7.22. The standard InChI is InChI=1S/C24H34FN5O/c1-4-11-29-17-26-27-23(29)21-15-30(22(31)14-19-5-7-20(25)8-6-19)16-24(21)9-12-28(13-10-24)18(2)3/h5-8,17-18,21H,4,9-16H2,1-3H3. The van der Waals surface area contributed by atoms with Crippen molar-refractivity contribution in [3.63, 3.8) is 0 Å². The number of aryl methyl sites for hydroxylation is 1. The van der Waals surface area contributed by atoms with Crippen LogP contribution in [0.5, 0.6) is 0 Å². The number of rotatable bonds is 6. The highest BCUT2D eigenvalue weighted by atomic mass is 19.1. The van der Waals surface area contributed by atoms with Crippen LogP contribution >= 0.6 is 0 Å². The van der Waals surface area contributed by atoms with Crippen LogP contribution in [0.3, 0.4) is 0 Å². The van der Waals surface area contributed by atoms with Gasteiger partial charge in [0.25, 0.3) is 0 Å². The molecule has 168 valence electrons. The van der Waals surface area contributed by atoms with E-state index in [1.807, 2.05) is 11.2 Å². The first kappa shape index (κ1) is 21.9. The van der Waals surface area contributed by atoms with E-state index in [1.165, 1.54) is 12.1 Å². The first-order valence-electron chi connectivity index (χ1n) is 11.6. The molecule has 0 N–H and O–H groups in total. The predicted molar refractivity (Wildman–Crippen MR) is 118 cm³/mol. The lowest BCUT2D eigenvalue weighted by atomic mass is 9.70. The number of carbonyl (C=O) groups excluding carboxylic acids is 1. The fourth-order valence-electron chi connectivity index (χ4n) is 5.34. The van der Waals surface area contributed by atoms with Crippen molar-refractivity contribution >= 4 is 5.91 Å². The summed E-state index contributed by atoms with van der Waals surface area (Å²) in [5.41, 5.74) is 0.898. The summed E-state index contributed by atoms with van der Waals surface area (Å²) in [4.78, 5) is 17.8. The lowest BCUT2D eigenvalue weighted by Crippen LogP contribution is -2.46. The molecule has 1 aromatic carbocycles. The maximum Gasteiger partial charge on any atom is 0.227 e. The van der Waals surface area contributed by atoms with Crippen molar-refractivity contribution in [2.24, 2.45) is 5.41 Å². The van der Waals surface area contributed by atoms with Gasteiger partial charge in [0.15, 0.2) is 0 Å². The summed E-state index contributed by atoms with van der Waals surface area (Å²) < 4.78 is 15.4. The Morgan fingerprint density at radius 1 is 1.23 bits per heavy atom. The van der Waals surface area contributed by atoms with Gasteiger partial charge in [-0.05, 0) is 63.9 Å². The van der Waals surface area contributed by atoms with Crippen molar-refractivity contribution in [3.8, 4) is 0 Å². The van der Waals surface area contributed by atoms with Crippen molar-refractivity contribution in [1.29, 1.82) is 0 Å². The Morgan fingerprint density at radius 2 is 1.94 bits per heavy atom. The molecule has 0 aliphatic carbocycles. The number of amides is 1. The second-order valence-corrected chi connectivity index (χ2v) is 9.50. The smallest absolute Gasteiger partial charge is 0.227 e. The van der Waals surface area contributed by atoms with Gasteiger partial charge in [0.2, 0.25) is 5.91 Å². The van der Waals surface area contributed by atoms with Crippen LogP contribution in [0.2, 0.25) is 0 Å². The molecule has 1 unspecified atom stereocenters. The van der Waals surface area contributed by atoms with Gasteiger partial charge in [-0.25, -0.2) is 4.39 Å². The summed E-state index contributed by atoms with van der Waals surface area (Å²) in [5.74, 6) is 1.06. The minimum absolute atomic E-state index is 0.0440. The highest BCUT2D eigenvalue weighted by Gasteiger charge is 2.51. The van der Waals surface area contributed by atoms with Crippen LogP contribution in [-0.2, 0) is 17.8 Å². The second kappa shape index (κ2) is 9.07. The Morgan fingerprint density at radius 3 is 2.58 bits per heavy atom. The summed E-state index contributed by atoms with van der Waals surface area (Å²) in [7, 11) is 0. The maximum absolute atomic E-state index is 13.2. The van der Waals surface area contributed by atoms with Gasteiger partial charge in [0, 0.05) is 37.0 Å². The molecule has 0 bridgehead atoms. The molecule has 2 fully saturated rings. The minimum Gasteiger partial charge on any atom is -0.341 e. The lowest BCUT2D eigenvalue weighted by molar-refractivity contribution is -0.130. The molecule has 0 radical (unpaired) electrons. The topological polar surface area (TPSA) is 54.3 Å². The van der Waals surface area contributed by atoms with Crippen LogP contribution in [0, 0.1) is 11.2 Å². The monoisotopic (exact) mass is 427 g/mol. The number of halogens is 1. The molecule has 6 nitrogen and oxygen atoms in total. The highest BCUT2D eigenvalue weighted by Crippen LogP contribution is 2.49. The molecule has 1 atom stereocenters. The zero-order valence-corrected chi connectivity index (χ0v) is 18.9. The van der Waals surface area contributed by atoms with Crippen molar-refractivity contribution in [3.05, 3.63) is 47.8 Å². The van der Waals surface area contributed by atoms with E-state index in [1.54, 1.807) is 12.1 Å². The van der Waals surface area contributed by atoms with Crippen LogP contribution in [0.1, 0.15) is 57.3 Å². The van der Waals surface area contributed by atoms with Crippen molar-refractivity contribution in [1.82, 2.24) is 24.6 Å². The third kappa shape index (κ3) is 4.52. The number of carbonyl (C=O) groups is 1. The molecule has 2 aromatic rings. The molecule has 1 spiro atoms. The molecule has 1 aromatic heterocycles. The molecule has 0 saturated carbocycles. The van der Waals surface area contributed by atoms with E-state index in [0.717, 1.165) is 56.8 Å². The average Bonchev–Trinajstić information content (AvgIpc) is 3.35. The predicted octanol–water partition coefficient (Wildman–Crippen LogP) is 3.49. The van der Waals surface area contributed by atoms with Gasteiger partial charge in [0.05, 0.1) is 6.42 Å². The van der Waals surface area contributed by atoms with Gasteiger partial charge in [-0.15, -0.1) is 10.2 Å². The van der Waals surface area contributed by atoms with Gasteiger partial charge in [-0.3, -0.25) is 4.79 Å². The Hall–Kier alpha value is -2.28. The molecular formula is C24H34FN5O. The van der Waals surface area contributed by atoms with Gasteiger partial charge in [0.1, 0.15) is 18.0 Å². The van der Waals surface area contributed by atoms with Gasteiger partial charge in [-0.2, -0.15) is 0 Å². The maximum atomic E-state index is 13.2. The molecule has 2 saturated heterocycles. The first-order valence-corrected chi connectivity index (χ1v) is 11.6. The first-order chi connectivity index (χ1) is 14.9. The molecule has 2 aliphatic rings. The number of hydrogen-bond donors (Lipinski definition) is 0. The van der Waals surface area contributed by atoms with Gasteiger partial charge in [-0.1, -0.05) is 19.1 Å². The molecular weight excluding hydrogens is 393 g/mol. The van der Waals surface area contributed by atoms with Gasteiger partial charge < -0.3 is 14.4 Å². The van der Waals surface area contributed by atoms with Crippen LogP contribution in [0.15, 0.2) is 30.6 Å². The van der Waals surface area contributed by atoms with Crippen LogP contribution in [0.25, 0.3) is 0 Å². The van der Waals surface area contributed by atoms with Crippen LogP contribution < -0.4 is 0 Å². The van der Waals surface area contributed by atoms with E-state index in [4.69, 9.17) is 0 Å². The highest BCUT2D eigenvalue weighted by molar-refractivity contribution is 5.79. The number of nitrogens with zero attached hydrogens (tertiary/aromatic N) is 5. The minimum atomic E-state index is -0.274. The SMILES string of the molecule is CCCn1cnnc1C1CN(C(=O)Cc2ccc(F)cc2)CC12CCN(C(C)C)CC2. The Kier molecular flexibility index (Phi) is 6.42. The Bertz CT molecular complexity index is 886. The van der Waals surface area contributed by atoms with E-state index in [9.17, 15) is 9.18 Å². The number of hydrogen-bond acceptors (Lipinski definition) is 4. The summed E-state index contributed by atoms with van der Waals surface area (Å²) in [6.07, 6.45) is 5.30. The van der Waals surface area contributed by atoms with E-state index >= 15 is 0 Å². The Balaban J connectivity index is 1.56. The lowest BCUT2D eigenvalue weighted by Gasteiger charge is -2.43.